The number of carboxylic acid groups (broad SMARTS) is 1. The van der Waals surface area contributed by atoms with Crippen molar-refractivity contribution in [1.29, 1.82) is 0 Å². The lowest BCUT2D eigenvalue weighted by Crippen LogP contribution is -2.08. The molecule has 1 aromatic carbocycles. The van der Waals surface area contributed by atoms with E-state index >= 15 is 0 Å². The molecular weight excluding hydrogens is 274 g/mol. The van der Waals surface area contributed by atoms with Gasteiger partial charge in [-0.1, -0.05) is 17.7 Å². The summed E-state index contributed by atoms with van der Waals surface area (Å²) >= 11 is 8.63. The second-order valence-corrected chi connectivity index (χ2v) is 4.06. The molecule has 0 saturated carbocycles. The molecule has 0 bridgehead atoms. The van der Waals surface area contributed by atoms with E-state index in [1.165, 1.54) is 19.1 Å². The summed E-state index contributed by atoms with van der Waals surface area (Å²) in [5, 5.41) is 8.58. The number of benzene rings is 1. The average molecular weight is 282 g/mol. The zero-order chi connectivity index (χ0) is 10.9. The van der Waals surface area contributed by atoms with Crippen LogP contribution in [0.2, 0.25) is 5.02 Å². The van der Waals surface area contributed by atoms with Crippen molar-refractivity contribution in [1.82, 2.24) is 0 Å². The Morgan fingerprint density at radius 3 is 2.71 bits per heavy atom. The van der Waals surface area contributed by atoms with Crippen molar-refractivity contribution in [3.05, 3.63) is 33.0 Å². The fraction of sp³-hybridized carbons (Fsp3) is 0.222. The fourth-order valence-electron chi connectivity index (χ4n) is 1.01. The fourth-order valence-corrected chi connectivity index (χ4v) is 1.78. The zero-order valence-electron chi connectivity index (χ0n) is 7.22. The topological polar surface area (TPSA) is 37.3 Å². The molecule has 1 unspecified atom stereocenters. The van der Waals surface area contributed by atoms with E-state index in [4.69, 9.17) is 16.7 Å². The van der Waals surface area contributed by atoms with Gasteiger partial charge in [0.2, 0.25) is 0 Å². The molecule has 1 aromatic rings. The molecular formula is C9H7BrClFO2. The summed E-state index contributed by atoms with van der Waals surface area (Å²) in [7, 11) is 0. The van der Waals surface area contributed by atoms with Crippen LogP contribution in [0.4, 0.5) is 4.39 Å². The van der Waals surface area contributed by atoms with E-state index in [0.29, 0.717) is 0 Å². The summed E-state index contributed by atoms with van der Waals surface area (Å²) in [5.41, 5.74) is 0.278. The maximum absolute atomic E-state index is 13.2. The minimum absolute atomic E-state index is 0.144. The third-order valence-electron chi connectivity index (χ3n) is 1.90. The third-order valence-corrected chi connectivity index (χ3v) is 2.90. The Labute approximate surface area is 93.8 Å². The number of carboxylic acids is 1. The summed E-state index contributed by atoms with van der Waals surface area (Å²) in [6.07, 6.45) is 0. The van der Waals surface area contributed by atoms with Gasteiger partial charge in [0.1, 0.15) is 0 Å². The molecule has 5 heteroatoms. The lowest BCUT2D eigenvalue weighted by Gasteiger charge is -2.09. The normalized spacial score (nSPS) is 12.6. The molecule has 0 saturated heterocycles. The van der Waals surface area contributed by atoms with E-state index in [-0.39, 0.29) is 15.1 Å². The Balaban J connectivity index is 3.24. The molecule has 0 aliphatic carbocycles. The summed E-state index contributed by atoms with van der Waals surface area (Å²) in [5.74, 6) is -2.48. The van der Waals surface area contributed by atoms with Crippen LogP contribution in [-0.2, 0) is 4.79 Å². The van der Waals surface area contributed by atoms with Gasteiger partial charge < -0.3 is 5.11 Å². The molecule has 0 amide bonds. The van der Waals surface area contributed by atoms with E-state index < -0.39 is 17.7 Å². The van der Waals surface area contributed by atoms with Crippen molar-refractivity contribution < 1.29 is 14.3 Å². The molecule has 0 fully saturated rings. The summed E-state index contributed by atoms with van der Waals surface area (Å²) in [4.78, 5) is 10.7. The number of rotatable bonds is 2. The minimum atomic E-state index is -1.03. The first-order valence-corrected chi connectivity index (χ1v) is 4.98. The van der Waals surface area contributed by atoms with Gasteiger partial charge in [0, 0.05) is 0 Å². The van der Waals surface area contributed by atoms with Crippen LogP contribution in [0.3, 0.4) is 0 Å². The molecule has 1 rings (SSSR count). The van der Waals surface area contributed by atoms with Crippen LogP contribution < -0.4 is 0 Å². The zero-order valence-corrected chi connectivity index (χ0v) is 9.56. The maximum Gasteiger partial charge on any atom is 0.310 e. The van der Waals surface area contributed by atoms with E-state index in [9.17, 15) is 9.18 Å². The second-order valence-electron chi connectivity index (χ2n) is 2.82. The van der Waals surface area contributed by atoms with Crippen LogP contribution in [0.5, 0.6) is 0 Å². The highest BCUT2D eigenvalue weighted by molar-refractivity contribution is 9.10. The number of hydrogen-bond acceptors (Lipinski definition) is 1. The first kappa shape index (κ1) is 11.5. The lowest BCUT2D eigenvalue weighted by atomic mass is 10.0. The summed E-state index contributed by atoms with van der Waals surface area (Å²) < 4.78 is 13.5. The molecule has 0 heterocycles. The molecule has 0 radical (unpaired) electrons. The van der Waals surface area contributed by atoms with Crippen LogP contribution in [0.25, 0.3) is 0 Å². The van der Waals surface area contributed by atoms with Crippen LogP contribution in [0.1, 0.15) is 18.4 Å². The Kier molecular flexibility index (Phi) is 3.50. The quantitative estimate of drug-likeness (QED) is 0.843. The van der Waals surface area contributed by atoms with Crippen molar-refractivity contribution in [3.8, 4) is 0 Å². The van der Waals surface area contributed by atoms with Gasteiger partial charge in [0.15, 0.2) is 5.82 Å². The van der Waals surface area contributed by atoms with Crippen LogP contribution in [0, 0.1) is 5.82 Å². The highest BCUT2D eigenvalue weighted by atomic mass is 79.9. The predicted molar refractivity (Wildman–Crippen MR) is 55.2 cm³/mol. The summed E-state index contributed by atoms with van der Waals surface area (Å²) in [6, 6.07) is 2.93. The van der Waals surface area contributed by atoms with Gasteiger partial charge >= 0.3 is 5.97 Å². The van der Waals surface area contributed by atoms with Gasteiger partial charge in [-0.25, -0.2) is 4.39 Å². The van der Waals surface area contributed by atoms with Gasteiger partial charge in [-0.15, -0.1) is 0 Å². The van der Waals surface area contributed by atoms with Crippen molar-refractivity contribution in [2.24, 2.45) is 0 Å². The van der Waals surface area contributed by atoms with Crippen molar-refractivity contribution in [2.75, 3.05) is 0 Å². The molecule has 2 nitrogen and oxygen atoms in total. The Morgan fingerprint density at radius 2 is 2.21 bits per heavy atom. The van der Waals surface area contributed by atoms with Gasteiger partial charge in [-0.3, -0.25) is 4.79 Å². The van der Waals surface area contributed by atoms with Gasteiger partial charge in [-0.2, -0.15) is 0 Å². The first-order valence-electron chi connectivity index (χ1n) is 3.81. The maximum atomic E-state index is 13.2. The molecule has 0 spiro atoms. The number of halogens is 3. The standard InChI is InChI=1S/C9H7BrClFO2/c1-4(9(13)14)5-2-3-6(10)8(12)7(5)11/h2-4H,1H3,(H,13,14). The van der Waals surface area contributed by atoms with Gasteiger partial charge in [-0.05, 0) is 34.5 Å². The van der Waals surface area contributed by atoms with Gasteiger partial charge in [0.25, 0.3) is 0 Å². The van der Waals surface area contributed by atoms with Crippen LogP contribution >= 0.6 is 27.5 Å². The SMILES string of the molecule is CC(C(=O)O)c1ccc(Br)c(F)c1Cl. The molecule has 0 aromatic heterocycles. The van der Waals surface area contributed by atoms with E-state index in [2.05, 4.69) is 15.9 Å². The van der Waals surface area contributed by atoms with Crippen molar-refractivity contribution in [2.45, 2.75) is 12.8 Å². The summed E-state index contributed by atoms with van der Waals surface area (Å²) in [6.45, 7) is 1.46. The first-order chi connectivity index (χ1) is 6.45. The molecule has 0 aliphatic rings. The van der Waals surface area contributed by atoms with E-state index in [1.54, 1.807) is 0 Å². The van der Waals surface area contributed by atoms with E-state index in [0.717, 1.165) is 0 Å². The highest BCUT2D eigenvalue weighted by Crippen LogP contribution is 2.31. The lowest BCUT2D eigenvalue weighted by molar-refractivity contribution is -0.138. The molecule has 1 atom stereocenters. The number of aliphatic carboxylic acids is 1. The average Bonchev–Trinajstić information content (AvgIpc) is 2.13. The highest BCUT2D eigenvalue weighted by Gasteiger charge is 2.19. The predicted octanol–water partition coefficient (Wildman–Crippen LogP) is 3.43. The Bertz CT molecular complexity index is 381. The molecule has 76 valence electrons. The van der Waals surface area contributed by atoms with Crippen LogP contribution in [-0.4, -0.2) is 11.1 Å². The Hall–Kier alpha value is -0.610. The Morgan fingerprint density at radius 1 is 1.64 bits per heavy atom. The molecule has 1 N–H and O–H groups in total. The largest absolute Gasteiger partial charge is 0.481 e. The second kappa shape index (κ2) is 4.28. The molecule has 14 heavy (non-hydrogen) atoms. The van der Waals surface area contributed by atoms with Gasteiger partial charge in [0.05, 0.1) is 15.4 Å². The number of carbonyl (C=O) groups is 1. The van der Waals surface area contributed by atoms with Crippen LogP contribution in [0.15, 0.2) is 16.6 Å². The smallest absolute Gasteiger partial charge is 0.310 e. The van der Waals surface area contributed by atoms with Crippen molar-refractivity contribution in [3.63, 3.8) is 0 Å². The van der Waals surface area contributed by atoms with E-state index in [1.807, 2.05) is 0 Å². The minimum Gasteiger partial charge on any atom is -0.481 e. The molecule has 0 aliphatic heterocycles. The number of hydrogen-bond donors (Lipinski definition) is 1. The third kappa shape index (κ3) is 2.07. The monoisotopic (exact) mass is 280 g/mol. The van der Waals surface area contributed by atoms with Crippen molar-refractivity contribution >= 4 is 33.5 Å².